The Bertz CT molecular complexity index is 1490. The van der Waals surface area contributed by atoms with Crippen molar-refractivity contribution in [2.24, 2.45) is 0 Å². The molecule has 1 aromatic heterocycles. The van der Waals surface area contributed by atoms with Crippen molar-refractivity contribution in [1.82, 2.24) is 9.29 Å². The molecule has 0 aliphatic carbocycles. The zero-order valence-electron chi connectivity index (χ0n) is 18.6. The van der Waals surface area contributed by atoms with Crippen LogP contribution in [0, 0.1) is 5.82 Å². The summed E-state index contributed by atoms with van der Waals surface area (Å²) in [6, 6.07) is 19.0. The lowest BCUT2D eigenvalue weighted by Crippen LogP contribution is -2.33. The van der Waals surface area contributed by atoms with E-state index in [0.717, 1.165) is 10.4 Å². The Labute approximate surface area is 196 Å². The van der Waals surface area contributed by atoms with Gasteiger partial charge in [0.2, 0.25) is 10.0 Å². The van der Waals surface area contributed by atoms with Crippen LogP contribution in [-0.4, -0.2) is 31.9 Å². The molecule has 0 aliphatic rings. The summed E-state index contributed by atoms with van der Waals surface area (Å²) in [7, 11) is -1.27. The van der Waals surface area contributed by atoms with E-state index in [-0.39, 0.29) is 18.7 Å². The summed E-state index contributed by atoms with van der Waals surface area (Å²) in [5, 5.41) is 0.634. The van der Waals surface area contributed by atoms with Crippen LogP contribution in [0.25, 0.3) is 10.9 Å². The van der Waals surface area contributed by atoms with E-state index in [4.69, 9.17) is 9.47 Å². The lowest BCUT2D eigenvalue weighted by atomic mass is 10.1. The zero-order chi connectivity index (χ0) is 24.3. The van der Waals surface area contributed by atoms with Gasteiger partial charge >= 0.3 is 0 Å². The van der Waals surface area contributed by atoms with Crippen LogP contribution in [0.15, 0.2) is 82.5 Å². The van der Waals surface area contributed by atoms with E-state index >= 15 is 0 Å². The number of rotatable bonds is 8. The monoisotopic (exact) mass is 482 g/mol. The van der Waals surface area contributed by atoms with Crippen LogP contribution in [0.1, 0.15) is 11.1 Å². The molecule has 0 fully saturated rings. The topological polar surface area (TPSA) is 88.7 Å². The highest BCUT2D eigenvalue weighted by Crippen LogP contribution is 2.31. The third kappa shape index (κ3) is 4.66. The van der Waals surface area contributed by atoms with Crippen LogP contribution < -0.4 is 15.0 Å². The Morgan fingerprint density at radius 2 is 1.53 bits per heavy atom. The molecular weight excluding hydrogens is 459 g/mol. The number of nitrogens with zero attached hydrogens (tertiary/aromatic N) is 1. The average Bonchev–Trinajstić information content (AvgIpc) is 2.84. The smallest absolute Gasteiger partial charge is 0.252 e. The van der Waals surface area contributed by atoms with Crippen molar-refractivity contribution in [1.29, 1.82) is 0 Å². The van der Waals surface area contributed by atoms with Crippen LogP contribution in [-0.2, 0) is 23.1 Å². The molecule has 0 aliphatic heterocycles. The van der Waals surface area contributed by atoms with Crippen LogP contribution >= 0.6 is 0 Å². The van der Waals surface area contributed by atoms with Gasteiger partial charge in [-0.3, -0.25) is 4.79 Å². The summed E-state index contributed by atoms with van der Waals surface area (Å²) in [4.78, 5) is 15.2. The molecule has 0 spiro atoms. The number of benzene rings is 3. The Hall–Kier alpha value is -3.69. The van der Waals surface area contributed by atoms with Crippen LogP contribution in [0.3, 0.4) is 0 Å². The van der Waals surface area contributed by atoms with Crippen molar-refractivity contribution in [2.75, 3.05) is 14.2 Å². The Morgan fingerprint density at radius 3 is 2.21 bits per heavy atom. The molecule has 7 nitrogen and oxygen atoms in total. The molecule has 1 N–H and O–H groups in total. The van der Waals surface area contributed by atoms with Crippen molar-refractivity contribution in [3.05, 3.63) is 100 Å². The molecule has 4 rings (SSSR count). The standard InChI is InChI=1S/C25H23FN2O5S/c1-32-22-13-18-12-19(25(29)27-21(18)14-23(22)33-2)16-28(15-17-8-4-3-5-9-17)34(30,31)24-11-7-6-10-20(24)26/h3-14H,15-16H2,1-2H3,(H,27,29). The van der Waals surface area contributed by atoms with Crippen LogP contribution in [0.5, 0.6) is 11.5 Å². The number of aromatic nitrogens is 1. The molecule has 0 saturated heterocycles. The predicted molar refractivity (Wildman–Crippen MR) is 127 cm³/mol. The van der Waals surface area contributed by atoms with Gasteiger partial charge in [0, 0.05) is 30.1 Å². The van der Waals surface area contributed by atoms with Crippen LogP contribution in [0.4, 0.5) is 4.39 Å². The summed E-state index contributed by atoms with van der Waals surface area (Å²) in [5.41, 5.74) is 0.959. The Morgan fingerprint density at radius 1 is 0.882 bits per heavy atom. The number of sulfonamides is 1. The van der Waals surface area contributed by atoms with Crippen molar-refractivity contribution < 1.29 is 22.3 Å². The van der Waals surface area contributed by atoms with E-state index in [9.17, 15) is 17.6 Å². The van der Waals surface area contributed by atoms with Crippen molar-refractivity contribution in [3.8, 4) is 11.5 Å². The second-order valence-corrected chi connectivity index (χ2v) is 9.51. The van der Waals surface area contributed by atoms with Gasteiger partial charge in [-0.15, -0.1) is 0 Å². The first kappa shape index (κ1) is 23.5. The normalized spacial score (nSPS) is 11.6. The number of methoxy groups -OCH3 is 2. The van der Waals surface area contributed by atoms with Crippen molar-refractivity contribution >= 4 is 20.9 Å². The van der Waals surface area contributed by atoms with E-state index in [0.29, 0.717) is 28.0 Å². The van der Waals surface area contributed by atoms with Gasteiger partial charge in [-0.05, 0) is 29.8 Å². The molecule has 4 aromatic rings. The van der Waals surface area contributed by atoms with Gasteiger partial charge in [-0.2, -0.15) is 4.31 Å². The number of aromatic amines is 1. The number of ether oxygens (including phenoxy) is 2. The summed E-state index contributed by atoms with van der Waals surface area (Å²) < 4.78 is 53.1. The lowest BCUT2D eigenvalue weighted by Gasteiger charge is -2.23. The second kappa shape index (κ2) is 9.66. The first-order valence-electron chi connectivity index (χ1n) is 10.4. The maximum atomic E-state index is 14.5. The van der Waals surface area contributed by atoms with Crippen molar-refractivity contribution in [3.63, 3.8) is 0 Å². The minimum absolute atomic E-state index is 0.0408. The quantitative estimate of drug-likeness (QED) is 0.409. The van der Waals surface area contributed by atoms with Gasteiger partial charge < -0.3 is 14.5 Å². The molecule has 0 unspecified atom stereocenters. The number of fused-ring (bicyclic) bond motifs is 1. The summed E-state index contributed by atoms with van der Waals surface area (Å²) in [6.45, 7) is -0.300. The predicted octanol–water partition coefficient (Wildman–Crippen LogP) is 4.08. The third-order valence-electron chi connectivity index (χ3n) is 5.43. The minimum Gasteiger partial charge on any atom is -0.493 e. The van der Waals surface area contributed by atoms with Gasteiger partial charge in [0.15, 0.2) is 11.5 Å². The molecule has 0 radical (unpaired) electrons. The summed E-state index contributed by atoms with van der Waals surface area (Å²) in [6.07, 6.45) is 0. The maximum absolute atomic E-state index is 14.5. The number of hydrogen-bond donors (Lipinski definition) is 1. The Kier molecular flexibility index (Phi) is 6.67. The van der Waals surface area contributed by atoms with E-state index in [1.54, 1.807) is 42.5 Å². The van der Waals surface area contributed by atoms with Gasteiger partial charge in [0.05, 0.1) is 19.7 Å². The lowest BCUT2D eigenvalue weighted by molar-refractivity contribution is 0.355. The van der Waals surface area contributed by atoms with Gasteiger partial charge in [-0.1, -0.05) is 42.5 Å². The number of hydrogen-bond acceptors (Lipinski definition) is 5. The largest absolute Gasteiger partial charge is 0.493 e. The molecule has 0 bridgehead atoms. The molecule has 3 aromatic carbocycles. The number of H-pyrrole nitrogens is 1. The first-order chi connectivity index (χ1) is 16.3. The minimum atomic E-state index is -4.26. The molecule has 0 saturated carbocycles. The molecular formula is C25H23FN2O5S. The number of halogens is 1. The van der Waals surface area contributed by atoms with Crippen LogP contribution in [0.2, 0.25) is 0 Å². The zero-order valence-corrected chi connectivity index (χ0v) is 19.4. The molecule has 0 atom stereocenters. The third-order valence-corrected chi connectivity index (χ3v) is 7.25. The highest BCUT2D eigenvalue weighted by Gasteiger charge is 2.28. The van der Waals surface area contributed by atoms with Crippen molar-refractivity contribution in [2.45, 2.75) is 18.0 Å². The first-order valence-corrected chi connectivity index (χ1v) is 11.8. The van der Waals surface area contributed by atoms with E-state index in [1.807, 2.05) is 6.07 Å². The number of pyridine rings is 1. The van der Waals surface area contributed by atoms with E-state index < -0.39 is 26.3 Å². The fourth-order valence-electron chi connectivity index (χ4n) is 3.69. The molecule has 9 heteroatoms. The number of nitrogens with one attached hydrogen (secondary N) is 1. The fourth-order valence-corrected chi connectivity index (χ4v) is 5.16. The fraction of sp³-hybridized carbons (Fsp3) is 0.160. The molecule has 34 heavy (non-hydrogen) atoms. The van der Waals surface area contributed by atoms with E-state index in [2.05, 4.69) is 4.98 Å². The Balaban J connectivity index is 1.80. The second-order valence-electron chi connectivity index (χ2n) is 7.61. The maximum Gasteiger partial charge on any atom is 0.252 e. The van der Waals surface area contributed by atoms with E-state index in [1.165, 1.54) is 32.4 Å². The van der Waals surface area contributed by atoms with Gasteiger partial charge in [0.25, 0.3) is 5.56 Å². The molecule has 1 heterocycles. The molecule has 0 amide bonds. The summed E-state index contributed by atoms with van der Waals surface area (Å²) >= 11 is 0. The molecule has 176 valence electrons. The SMILES string of the molecule is COc1cc2cc(CN(Cc3ccccc3)S(=O)(=O)c3ccccc3F)c(=O)[nH]c2cc1OC. The highest BCUT2D eigenvalue weighted by atomic mass is 32.2. The van der Waals surface area contributed by atoms with Gasteiger partial charge in [-0.25, -0.2) is 12.8 Å². The highest BCUT2D eigenvalue weighted by molar-refractivity contribution is 7.89. The average molecular weight is 483 g/mol. The van der Waals surface area contributed by atoms with Gasteiger partial charge in [0.1, 0.15) is 10.7 Å². The summed E-state index contributed by atoms with van der Waals surface area (Å²) in [5.74, 6) is 0.0594.